The van der Waals surface area contributed by atoms with Crippen LogP contribution in [-0.2, 0) is 11.3 Å². The topological polar surface area (TPSA) is 29.5 Å². The maximum Gasteiger partial charge on any atom is 0.0747 e. The minimum absolute atomic E-state index is 0.395. The first-order valence-electron chi connectivity index (χ1n) is 6.70. The minimum Gasteiger partial charge on any atom is -0.389 e. The van der Waals surface area contributed by atoms with E-state index in [9.17, 15) is 5.11 Å². The molecule has 0 aliphatic heterocycles. The van der Waals surface area contributed by atoms with Gasteiger partial charge >= 0.3 is 0 Å². The lowest BCUT2D eigenvalue weighted by Crippen LogP contribution is -2.07. The molecule has 1 atom stereocenters. The minimum atomic E-state index is -0.395. The first-order valence-corrected chi connectivity index (χ1v) is 6.70. The number of aliphatic hydroxyl groups is 1. The lowest BCUT2D eigenvalue weighted by atomic mass is 10.0. The Morgan fingerprint density at radius 1 is 1.32 bits per heavy atom. The normalized spacial score (nSPS) is 13.3. The molecule has 0 aromatic heterocycles. The molecule has 2 heteroatoms. The zero-order valence-electron chi connectivity index (χ0n) is 11.9. The molecule has 1 N–H and O–H groups in total. The second-order valence-corrected chi connectivity index (χ2v) is 4.95. The standard InChI is InChI=1S/C17H24O2/c1-14(2)17(18)10-9-15(3)11-12-19-13-16-7-5-4-6-8-16/h4-8,11,17-18H,1,9-10,12-13H2,2-3H3/b15-11+. The number of allylic oxidation sites excluding steroid dienone is 1. The Morgan fingerprint density at radius 3 is 2.63 bits per heavy atom. The van der Waals surface area contributed by atoms with Crippen LogP contribution in [0.15, 0.2) is 54.1 Å². The Balaban J connectivity index is 2.19. The summed E-state index contributed by atoms with van der Waals surface area (Å²) in [5, 5.41) is 9.64. The predicted octanol–water partition coefficient (Wildman–Crippen LogP) is 3.87. The number of rotatable bonds is 8. The molecule has 0 saturated heterocycles. The summed E-state index contributed by atoms with van der Waals surface area (Å²) in [7, 11) is 0. The van der Waals surface area contributed by atoms with E-state index in [4.69, 9.17) is 4.74 Å². The first kappa shape index (κ1) is 15.7. The van der Waals surface area contributed by atoms with Crippen LogP contribution in [-0.4, -0.2) is 17.8 Å². The van der Waals surface area contributed by atoms with Crippen LogP contribution in [0, 0.1) is 0 Å². The zero-order valence-corrected chi connectivity index (χ0v) is 11.9. The highest BCUT2D eigenvalue weighted by molar-refractivity contribution is 5.13. The van der Waals surface area contributed by atoms with E-state index in [1.165, 1.54) is 11.1 Å². The van der Waals surface area contributed by atoms with Gasteiger partial charge in [-0.2, -0.15) is 0 Å². The van der Waals surface area contributed by atoms with Gasteiger partial charge in [-0.25, -0.2) is 0 Å². The Morgan fingerprint density at radius 2 is 2.00 bits per heavy atom. The van der Waals surface area contributed by atoms with Crippen LogP contribution in [0.25, 0.3) is 0 Å². The summed E-state index contributed by atoms with van der Waals surface area (Å²) >= 11 is 0. The van der Waals surface area contributed by atoms with Gasteiger partial charge in [0, 0.05) is 0 Å². The van der Waals surface area contributed by atoms with Gasteiger partial charge < -0.3 is 9.84 Å². The molecule has 104 valence electrons. The fourth-order valence-electron chi connectivity index (χ4n) is 1.67. The maximum atomic E-state index is 9.64. The average Bonchev–Trinajstić information content (AvgIpc) is 2.42. The molecule has 0 aliphatic rings. The summed E-state index contributed by atoms with van der Waals surface area (Å²) < 4.78 is 5.59. The molecule has 0 saturated carbocycles. The third-order valence-corrected chi connectivity index (χ3v) is 3.04. The lowest BCUT2D eigenvalue weighted by molar-refractivity contribution is 0.148. The Kier molecular flexibility index (Phi) is 7.16. The van der Waals surface area contributed by atoms with Crippen molar-refractivity contribution in [2.24, 2.45) is 0 Å². The van der Waals surface area contributed by atoms with Gasteiger partial charge in [0.25, 0.3) is 0 Å². The summed E-state index contributed by atoms with van der Waals surface area (Å²) in [5.74, 6) is 0. The molecule has 0 aliphatic carbocycles. The van der Waals surface area contributed by atoms with Crippen LogP contribution in [0.2, 0.25) is 0 Å². The summed E-state index contributed by atoms with van der Waals surface area (Å²) in [6, 6.07) is 10.1. The van der Waals surface area contributed by atoms with E-state index in [0.29, 0.717) is 13.2 Å². The largest absolute Gasteiger partial charge is 0.389 e. The van der Waals surface area contributed by atoms with E-state index in [-0.39, 0.29) is 0 Å². The summed E-state index contributed by atoms with van der Waals surface area (Å²) in [4.78, 5) is 0. The third-order valence-electron chi connectivity index (χ3n) is 3.04. The van der Waals surface area contributed by atoms with Crippen molar-refractivity contribution in [3.63, 3.8) is 0 Å². The van der Waals surface area contributed by atoms with Crippen LogP contribution >= 0.6 is 0 Å². The number of hydrogen-bond donors (Lipinski definition) is 1. The van der Waals surface area contributed by atoms with Crippen molar-refractivity contribution in [3.8, 4) is 0 Å². The van der Waals surface area contributed by atoms with Crippen LogP contribution in [0.5, 0.6) is 0 Å². The molecule has 1 rings (SSSR count). The first-order chi connectivity index (χ1) is 9.09. The molecule has 0 bridgehead atoms. The van der Waals surface area contributed by atoms with Crippen LogP contribution in [0.3, 0.4) is 0 Å². The Bertz CT molecular complexity index is 407. The van der Waals surface area contributed by atoms with Crippen molar-refractivity contribution in [1.82, 2.24) is 0 Å². The van der Waals surface area contributed by atoms with Gasteiger partial charge in [-0.15, -0.1) is 0 Å². The molecule has 1 unspecified atom stereocenters. The smallest absolute Gasteiger partial charge is 0.0747 e. The fraction of sp³-hybridized carbons (Fsp3) is 0.412. The molecule has 0 amide bonds. The molecular weight excluding hydrogens is 236 g/mol. The molecule has 19 heavy (non-hydrogen) atoms. The van der Waals surface area contributed by atoms with Gasteiger partial charge in [0.2, 0.25) is 0 Å². The van der Waals surface area contributed by atoms with E-state index in [1.54, 1.807) is 0 Å². The SMILES string of the molecule is C=C(C)C(O)CC/C(C)=C/COCc1ccccc1. The quantitative estimate of drug-likeness (QED) is 0.568. The summed E-state index contributed by atoms with van der Waals surface area (Å²) in [6.07, 6.45) is 3.29. The van der Waals surface area contributed by atoms with E-state index in [0.717, 1.165) is 18.4 Å². The highest BCUT2D eigenvalue weighted by Crippen LogP contribution is 2.11. The van der Waals surface area contributed by atoms with Gasteiger partial charge in [-0.05, 0) is 32.3 Å². The fourth-order valence-corrected chi connectivity index (χ4v) is 1.67. The molecule has 1 aromatic carbocycles. The van der Waals surface area contributed by atoms with Gasteiger partial charge in [-0.3, -0.25) is 0 Å². The second-order valence-electron chi connectivity index (χ2n) is 4.95. The summed E-state index contributed by atoms with van der Waals surface area (Å²) in [5.41, 5.74) is 3.26. The van der Waals surface area contributed by atoms with E-state index >= 15 is 0 Å². The second kappa shape index (κ2) is 8.68. The molecule has 0 heterocycles. The number of ether oxygens (including phenoxy) is 1. The third kappa shape index (κ3) is 6.94. The maximum absolute atomic E-state index is 9.64. The molecule has 0 radical (unpaired) electrons. The number of hydrogen-bond acceptors (Lipinski definition) is 2. The predicted molar refractivity (Wildman–Crippen MR) is 79.9 cm³/mol. The number of benzene rings is 1. The van der Waals surface area contributed by atoms with Gasteiger partial charge in [-0.1, -0.05) is 54.1 Å². The Hall–Kier alpha value is -1.38. The van der Waals surface area contributed by atoms with E-state index < -0.39 is 6.10 Å². The average molecular weight is 260 g/mol. The van der Waals surface area contributed by atoms with Crippen molar-refractivity contribution >= 4 is 0 Å². The van der Waals surface area contributed by atoms with E-state index in [2.05, 4.69) is 31.7 Å². The summed E-state index contributed by atoms with van der Waals surface area (Å²) in [6.45, 7) is 8.92. The van der Waals surface area contributed by atoms with Gasteiger partial charge in [0.1, 0.15) is 0 Å². The van der Waals surface area contributed by atoms with Crippen LogP contribution < -0.4 is 0 Å². The lowest BCUT2D eigenvalue weighted by Gasteiger charge is -2.10. The number of aliphatic hydroxyl groups excluding tert-OH is 1. The van der Waals surface area contributed by atoms with Crippen molar-refractivity contribution in [2.45, 2.75) is 39.4 Å². The van der Waals surface area contributed by atoms with Crippen LogP contribution in [0.4, 0.5) is 0 Å². The Labute approximate surface area is 116 Å². The van der Waals surface area contributed by atoms with Gasteiger partial charge in [0.15, 0.2) is 0 Å². The molecule has 0 spiro atoms. The van der Waals surface area contributed by atoms with Crippen LogP contribution in [0.1, 0.15) is 32.3 Å². The van der Waals surface area contributed by atoms with Crippen molar-refractivity contribution in [1.29, 1.82) is 0 Å². The molecular formula is C17H24O2. The monoisotopic (exact) mass is 260 g/mol. The zero-order chi connectivity index (χ0) is 14.1. The highest BCUT2D eigenvalue weighted by atomic mass is 16.5. The molecule has 1 aromatic rings. The van der Waals surface area contributed by atoms with Crippen molar-refractivity contribution in [2.75, 3.05) is 6.61 Å². The highest BCUT2D eigenvalue weighted by Gasteiger charge is 2.03. The molecule has 0 fully saturated rings. The van der Waals surface area contributed by atoms with E-state index in [1.807, 2.05) is 25.1 Å². The van der Waals surface area contributed by atoms with Gasteiger partial charge in [0.05, 0.1) is 19.3 Å². The molecule has 2 nitrogen and oxygen atoms in total. The van der Waals surface area contributed by atoms with Crippen molar-refractivity contribution in [3.05, 3.63) is 59.7 Å². The van der Waals surface area contributed by atoms with Crippen molar-refractivity contribution < 1.29 is 9.84 Å².